The summed E-state index contributed by atoms with van der Waals surface area (Å²) in [5, 5.41) is 2.35. The second-order valence-electron chi connectivity index (χ2n) is 8.75. The van der Waals surface area contributed by atoms with Crippen LogP contribution in [0.5, 0.6) is 0 Å². The predicted molar refractivity (Wildman–Crippen MR) is 121 cm³/mol. The van der Waals surface area contributed by atoms with Crippen LogP contribution in [0.25, 0.3) is 0 Å². The van der Waals surface area contributed by atoms with Gasteiger partial charge in [0, 0.05) is 62.6 Å². The molecule has 1 atom stereocenters. The van der Waals surface area contributed by atoms with E-state index in [1.165, 1.54) is 5.56 Å². The zero-order valence-corrected chi connectivity index (χ0v) is 17.9. The summed E-state index contributed by atoms with van der Waals surface area (Å²) in [7, 11) is 0. The van der Waals surface area contributed by atoms with E-state index in [4.69, 9.17) is 5.73 Å². The van der Waals surface area contributed by atoms with Gasteiger partial charge in [-0.15, -0.1) is 0 Å². The Morgan fingerprint density at radius 2 is 1.72 bits per heavy atom. The van der Waals surface area contributed by atoms with Crippen LogP contribution in [0.1, 0.15) is 34.3 Å². The van der Waals surface area contributed by atoms with Gasteiger partial charge in [0.05, 0.1) is 0 Å². The average Bonchev–Trinajstić information content (AvgIpc) is 3.11. The minimum absolute atomic E-state index is 0.130. The number of nitrogens with one attached hydrogen (secondary N) is 1. The fourth-order valence-electron chi connectivity index (χ4n) is 4.80. The SMILES string of the molecule is Nc1ccc(CN2CCN(c3ccc4c(c3)CN(C3CCC(=O)NC3=O)C4=O)CC2)cc1. The molecule has 3 amide bonds. The molecule has 0 saturated carbocycles. The van der Waals surface area contributed by atoms with Crippen molar-refractivity contribution >= 4 is 29.1 Å². The van der Waals surface area contributed by atoms with Gasteiger partial charge in [-0.05, 0) is 47.9 Å². The van der Waals surface area contributed by atoms with Gasteiger partial charge in [-0.3, -0.25) is 24.6 Å². The number of piperidine rings is 1. The molecule has 8 heteroatoms. The van der Waals surface area contributed by atoms with E-state index >= 15 is 0 Å². The van der Waals surface area contributed by atoms with E-state index < -0.39 is 6.04 Å². The summed E-state index contributed by atoms with van der Waals surface area (Å²) >= 11 is 0. The van der Waals surface area contributed by atoms with E-state index in [2.05, 4.69) is 33.3 Å². The van der Waals surface area contributed by atoms with E-state index in [1.807, 2.05) is 24.3 Å². The van der Waals surface area contributed by atoms with Crippen LogP contribution < -0.4 is 16.0 Å². The van der Waals surface area contributed by atoms with Crippen molar-refractivity contribution < 1.29 is 14.4 Å². The molecule has 0 spiro atoms. The molecular weight excluding hydrogens is 406 g/mol. The van der Waals surface area contributed by atoms with Crippen molar-refractivity contribution in [2.75, 3.05) is 36.8 Å². The Balaban J connectivity index is 1.22. The van der Waals surface area contributed by atoms with Crippen LogP contribution in [0.4, 0.5) is 11.4 Å². The first kappa shape index (κ1) is 20.5. The number of carbonyl (C=O) groups is 3. The first-order chi connectivity index (χ1) is 15.5. The van der Waals surface area contributed by atoms with Crippen molar-refractivity contribution in [1.82, 2.24) is 15.1 Å². The molecule has 3 aliphatic heterocycles. The maximum Gasteiger partial charge on any atom is 0.255 e. The average molecular weight is 434 g/mol. The van der Waals surface area contributed by atoms with Crippen molar-refractivity contribution in [3.8, 4) is 0 Å². The topological polar surface area (TPSA) is 99.0 Å². The Morgan fingerprint density at radius 1 is 0.969 bits per heavy atom. The number of anilines is 2. The summed E-state index contributed by atoms with van der Waals surface area (Å²) in [4.78, 5) is 42.9. The van der Waals surface area contributed by atoms with Crippen LogP contribution in [-0.2, 0) is 22.7 Å². The standard InChI is InChI=1S/C24H27N5O3/c25-18-3-1-16(2-4-18)14-27-9-11-28(12-10-27)19-5-6-20-17(13-19)15-29(24(20)32)21-7-8-22(30)26-23(21)31/h1-6,13,21H,7-12,14-15,25H2,(H,26,30,31). The third kappa shape index (κ3) is 3.93. The molecule has 3 aliphatic rings. The number of amides is 3. The molecule has 32 heavy (non-hydrogen) atoms. The highest BCUT2D eigenvalue weighted by Crippen LogP contribution is 2.31. The second-order valence-corrected chi connectivity index (χ2v) is 8.75. The number of hydrogen-bond acceptors (Lipinski definition) is 6. The van der Waals surface area contributed by atoms with Crippen molar-refractivity contribution in [2.45, 2.75) is 32.0 Å². The second kappa shape index (κ2) is 8.27. The molecule has 0 radical (unpaired) electrons. The third-order valence-corrected chi connectivity index (χ3v) is 6.63. The largest absolute Gasteiger partial charge is 0.399 e. The molecule has 0 aliphatic carbocycles. The maximum atomic E-state index is 12.9. The number of nitrogen functional groups attached to an aromatic ring is 1. The Bertz CT molecular complexity index is 1060. The Hall–Kier alpha value is -3.39. The van der Waals surface area contributed by atoms with Gasteiger partial charge in [-0.1, -0.05) is 12.1 Å². The van der Waals surface area contributed by atoms with Gasteiger partial charge in [0.15, 0.2) is 0 Å². The molecule has 5 rings (SSSR count). The summed E-state index contributed by atoms with van der Waals surface area (Å²) in [6.07, 6.45) is 0.648. The van der Waals surface area contributed by atoms with Crippen LogP contribution in [0.15, 0.2) is 42.5 Å². The molecule has 0 bridgehead atoms. The number of benzene rings is 2. The zero-order chi connectivity index (χ0) is 22.2. The number of nitrogens with zero attached hydrogens (tertiary/aromatic N) is 3. The molecule has 8 nitrogen and oxygen atoms in total. The maximum absolute atomic E-state index is 12.9. The van der Waals surface area contributed by atoms with Crippen LogP contribution in [0.3, 0.4) is 0 Å². The first-order valence-electron chi connectivity index (χ1n) is 11.1. The number of rotatable bonds is 4. The van der Waals surface area contributed by atoms with Crippen LogP contribution in [-0.4, -0.2) is 59.7 Å². The van der Waals surface area contributed by atoms with Crippen molar-refractivity contribution in [3.63, 3.8) is 0 Å². The summed E-state index contributed by atoms with van der Waals surface area (Å²) in [5.74, 6) is -0.776. The molecule has 3 heterocycles. The highest BCUT2D eigenvalue weighted by atomic mass is 16.2. The molecule has 0 aromatic heterocycles. The lowest BCUT2D eigenvalue weighted by atomic mass is 10.0. The van der Waals surface area contributed by atoms with E-state index in [0.29, 0.717) is 18.5 Å². The molecular formula is C24H27N5O3. The monoisotopic (exact) mass is 433 g/mol. The van der Waals surface area contributed by atoms with Gasteiger partial charge in [-0.25, -0.2) is 0 Å². The number of nitrogens with two attached hydrogens (primary N) is 1. The number of carbonyl (C=O) groups excluding carboxylic acids is 3. The van der Waals surface area contributed by atoms with Crippen LogP contribution in [0.2, 0.25) is 0 Å². The molecule has 1 unspecified atom stereocenters. The third-order valence-electron chi connectivity index (χ3n) is 6.63. The predicted octanol–water partition coefficient (Wildman–Crippen LogP) is 1.35. The molecule has 2 saturated heterocycles. The van der Waals surface area contributed by atoms with E-state index in [9.17, 15) is 14.4 Å². The number of imide groups is 1. The molecule has 166 valence electrons. The Kier molecular flexibility index (Phi) is 5.30. The lowest BCUT2D eigenvalue weighted by Gasteiger charge is -2.36. The van der Waals surface area contributed by atoms with Gasteiger partial charge in [0.25, 0.3) is 5.91 Å². The fourth-order valence-corrected chi connectivity index (χ4v) is 4.80. The Morgan fingerprint density at radius 3 is 2.44 bits per heavy atom. The number of hydrogen-bond donors (Lipinski definition) is 2. The van der Waals surface area contributed by atoms with E-state index in [0.717, 1.165) is 49.7 Å². The van der Waals surface area contributed by atoms with Gasteiger partial charge >= 0.3 is 0 Å². The molecule has 2 aromatic carbocycles. The highest BCUT2D eigenvalue weighted by Gasteiger charge is 2.39. The molecule has 2 aromatic rings. The van der Waals surface area contributed by atoms with Crippen molar-refractivity contribution in [3.05, 3.63) is 59.2 Å². The Labute approximate surface area is 187 Å². The quantitative estimate of drug-likeness (QED) is 0.558. The van der Waals surface area contributed by atoms with Crippen LogP contribution in [0, 0.1) is 0 Å². The zero-order valence-electron chi connectivity index (χ0n) is 17.9. The molecule has 2 fully saturated rings. The van der Waals surface area contributed by atoms with E-state index in [1.54, 1.807) is 4.90 Å². The van der Waals surface area contributed by atoms with Gasteiger partial charge in [0.1, 0.15) is 6.04 Å². The van der Waals surface area contributed by atoms with Gasteiger partial charge < -0.3 is 15.5 Å². The van der Waals surface area contributed by atoms with Crippen LogP contribution >= 0.6 is 0 Å². The lowest BCUT2D eigenvalue weighted by Crippen LogP contribution is -2.52. The smallest absolute Gasteiger partial charge is 0.255 e. The first-order valence-corrected chi connectivity index (χ1v) is 11.1. The minimum Gasteiger partial charge on any atom is -0.399 e. The van der Waals surface area contributed by atoms with Crippen molar-refractivity contribution in [2.24, 2.45) is 0 Å². The minimum atomic E-state index is -0.576. The molecule has 3 N–H and O–H groups in total. The fraction of sp³-hybridized carbons (Fsp3) is 0.375. The summed E-state index contributed by atoms with van der Waals surface area (Å²) in [6, 6.07) is 13.4. The number of fused-ring (bicyclic) bond motifs is 1. The lowest BCUT2D eigenvalue weighted by molar-refractivity contribution is -0.136. The highest BCUT2D eigenvalue weighted by molar-refractivity contribution is 6.05. The normalized spacial score (nSPS) is 21.6. The number of piperazine rings is 1. The summed E-state index contributed by atoms with van der Waals surface area (Å²) in [5.41, 5.74) is 10.5. The van der Waals surface area contributed by atoms with E-state index in [-0.39, 0.29) is 24.1 Å². The van der Waals surface area contributed by atoms with Crippen molar-refractivity contribution in [1.29, 1.82) is 0 Å². The van der Waals surface area contributed by atoms with Gasteiger partial charge in [-0.2, -0.15) is 0 Å². The summed E-state index contributed by atoms with van der Waals surface area (Å²) < 4.78 is 0. The summed E-state index contributed by atoms with van der Waals surface area (Å²) in [6.45, 7) is 5.07. The van der Waals surface area contributed by atoms with Gasteiger partial charge in [0.2, 0.25) is 11.8 Å².